The first-order valence-electron chi connectivity index (χ1n) is 6.73. The summed E-state index contributed by atoms with van der Waals surface area (Å²) in [5.74, 6) is 0. The van der Waals surface area contributed by atoms with Crippen LogP contribution < -0.4 is 5.32 Å². The summed E-state index contributed by atoms with van der Waals surface area (Å²) < 4.78 is 0. The Hall–Kier alpha value is -0.860. The van der Waals surface area contributed by atoms with Crippen LogP contribution in [0.15, 0.2) is 24.3 Å². The number of nitrogens with one attached hydrogen (secondary N) is 1. The van der Waals surface area contributed by atoms with Crippen molar-refractivity contribution in [3.63, 3.8) is 0 Å². The molecule has 1 N–H and O–H groups in total. The molecular formula is C15H22N2. The van der Waals surface area contributed by atoms with Crippen molar-refractivity contribution < 1.29 is 0 Å². The Morgan fingerprint density at radius 1 is 1.18 bits per heavy atom. The van der Waals surface area contributed by atoms with Gasteiger partial charge in [0.25, 0.3) is 0 Å². The molecule has 2 heteroatoms. The fourth-order valence-corrected chi connectivity index (χ4v) is 3.43. The van der Waals surface area contributed by atoms with Crippen LogP contribution in [0.2, 0.25) is 0 Å². The molecule has 1 aliphatic heterocycles. The summed E-state index contributed by atoms with van der Waals surface area (Å²) >= 11 is 0. The van der Waals surface area contributed by atoms with E-state index in [1.165, 1.54) is 19.5 Å². The second kappa shape index (κ2) is 4.11. The van der Waals surface area contributed by atoms with E-state index in [-0.39, 0.29) is 0 Å². The van der Waals surface area contributed by atoms with Crippen LogP contribution in [0.3, 0.4) is 0 Å². The average molecular weight is 230 g/mol. The van der Waals surface area contributed by atoms with E-state index < -0.39 is 0 Å². The van der Waals surface area contributed by atoms with Crippen LogP contribution in [0.4, 0.5) is 0 Å². The maximum absolute atomic E-state index is 3.44. The van der Waals surface area contributed by atoms with Gasteiger partial charge in [-0.2, -0.15) is 0 Å². The highest BCUT2D eigenvalue weighted by Crippen LogP contribution is 2.46. The monoisotopic (exact) mass is 230 g/mol. The second-order valence-corrected chi connectivity index (χ2v) is 5.98. The van der Waals surface area contributed by atoms with E-state index in [0.717, 1.165) is 13.1 Å². The molecular weight excluding hydrogens is 208 g/mol. The predicted octanol–water partition coefficient (Wildman–Crippen LogP) is 2.31. The third kappa shape index (κ3) is 1.90. The van der Waals surface area contributed by atoms with Crippen LogP contribution in [-0.2, 0) is 5.41 Å². The second-order valence-electron chi connectivity index (χ2n) is 5.98. The summed E-state index contributed by atoms with van der Waals surface area (Å²) in [4.78, 5) is 2.66. The zero-order valence-corrected chi connectivity index (χ0v) is 10.9. The number of fused-ring (bicyclic) bond motifs is 1. The minimum Gasteiger partial charge on any atom is -0.314 e. The molecule has 1 saturated heterocycles. The third-order valence-electron chi connectivity index (χ3n) is 4.34. The first-order valence-corrected chi connectivity index (χ1v) is 6.73. The molecule has 0 radical (unpaired) electrons. The molecule has 2 nitrogen and oxygen atoms in total. The number of hydrogen-bond donors (Lipinski definition) is 1. The normalized spacial score (nSPS) is 28.0. The molecule has 0 aromatic heterocycles. The van der Waals surface area contributed by atoms with Gasteiger partial charge < -0.3 is 5.32 Å². The molecule has 1 fully saturated rings. The van der Waals surface area contributed by atoms with Crippen LogP contribution in [-0.4, -0.2) is 31.1 Å². The number of nitrogens with zero attached hydrogens (tertiary/aromatic N) is 1. The quantitative estimate of drug-likeness (QED) is 0.796. The predicted molar refractivity (Wildman–Crippen MR) is 71.3 cm³/mol. The summed E-state index contributed by atoms with van der Waals surface area (Å²) in [5, 5.41) is 3.44. The van der Waals surface area contributed by atoms with Crippen LogP contribution >= 0.6 is 0 Å². The first kappa shape index (κ1) is 11.2. The zero-order valence-electron chi connectivity index (χ0n) is 10.9. The average Bonchev–Trinajstić information content (AvgIpc) is 2.64. The maximum Gasteiger partial charge on any atom is 0.0360 e. The summed E-state index contributed by atoms with van der Waals surface area (Å²) in [6.07, 6.45) is 1.27. The van der Waals surface area contributed by atoms with E-state index in [1.807, 2.05) is 0 Å². The largest absolute Gasteiger partial charge is 0.314 e. The number of rotatable bonds is 1. The van der Waals surface area contributed by atoms with Crippen LogP contribution in [0, 0.1) is 0 Å². The van der Waals surface area contributed by atoms with Crippen molar-refractivity contribution >= 4 is 0 Å². The van der Waals surface area contributed by atoms with Gasteiger partial charge in [0.2, 0.25) is 0 Å². The maximum atomic E-state index is 3.44. The van der Waals surface area contributed by atoms with Crippen molar-refractivity contribution in [2.24, 2.45) is 0 Å². The molecule has 1 aromatic carbocycles. The molecule has 17 heavy (non-hydrogen) atoms. The van der Waals surface area contributed by atoms with Crippen LogP contribution in [0.1, 0.15) is 37.4 Å². The van der Waals surface area contributed by atoms with E-state index in [2.05, 4.69) is 48.3 Å². The first-order chi connectivity index (χ1) is 8.18. The highest BCUT2D eigenvalue weighted by Gasteiger charge is 2.39. The summed E-state index contributed by atoms with van der Waals surface area (Å²) in [6, 6.07) is 9.66. The minimum absolute atomic E-state index is 0.339. The molecule has 0 spiro atoms. The van der Waals surface area contributed by atoms with Gasteiger partial charge in [0.1, 0.15) is 0 Å². The SMILES string of the molecule is CC1(C)CC(N2CCNCC2)c2ccccc21. The summed E-state index contributed by atoms with van der Waals surface area (Å²) in [6.45, 7) is 9.42. The van der Waals surface area contributed by atoms with Gasteiger partial charge in [-0.05, 0) is 23.0 Å². The van der Waals surface area contributed by atoms with E-state index in [4.69, 9.17) is 0 Å². The highest BCUT2D eigenvalue weighted by molar-refractivity contribution is 5.41. The highest BCUT2D eigenvalue weighted by atomic mass is 15.2. The topological polar surface area (TPSA) is 15.3 Å². The van der Waals surface area contributed by atoms with Gasteiger partial charge in [0.05, 0.1) is 0 Å². The van der Waals surface area contributed by atoms with Crippen molar-refractivity contribution in [3.05, 3.63) is 35.4 Å². The Morgan fingerprint density at radius 3 is 2.65 bits per heavy atom. The van der Waals surface area contributed by atoms with Crippen LogP contribution in [0.5, 0.6) is 0 Å². The Balaban J connectivity index is 1.93. The van der Waals surface area contributed by atoms with Gasteiger partial charge in [-0.3, -0.25) is 4.90 Å². The van der Waals surface area contributed by atoms with Gasteiger partial charge in [-0.15, -0.1) is 0 Å². The van der Waals surface area contributed by atoms with E-state index in [1.54, 1.807) is 11.1 Å². The summed E-state index contributed by atoms with van der Waals surface area (Å²) in [5.41, 5.74) is 3.47. The molecule has 1 aliphatic carbocycles. The Kier molecular flexibility index (Phi) is 2.72. The molecule has 2 aliphatic rings. The zero-order chi connectivity index (χ0) is 11.9. The number of hydrogen-bond acceptors (Lipinski definition) is 2. The standard InChI is InChI=1S/C15H22N2/c1-15(2)11-14(17-9-7-16-8-10-17)12-5-3-4-6-13(12)15/h3-6,14,16H,7-11H2,1-2H3. The molecule has 1 atom stereocenters. The van der Waals surface area contributed by atoms with Gasteiger partial charge >= 0.3 is 0 Å². The molecule has 1 aromatic rings. The summed E-state index contributed by atoms with van der Waals surface area (Å²) in [7, 11) is 0. The molecule has 0 saturated carbocycles. The van der Waals surface area contributed by atoms with Gasteiger partial charge in [-0.25, -0.2) is 0 Å². The van der Waals surface area contributed by atoms with E-state index >= 15 is 0 Å². The van der Waals surface area contributed by atoms with Gasteiger partial charge in [0.15, 0.2) is 0 Å². The lowest BCUT2D eigenvalue weighted by Crippen LogP contribution is -2.44. The number of piperazine rings is 1. The lowest BCUT2D eigenvalue weighted by Gasteiger charge is -2.34. The minimum atomic E-state index is 0.339. The van der Waals surface area contributed by atoms with Crippen molar-refractivity contribution in [2.75, 3.05) is 26.2 Å². The molecule has 1 unspecified atom stereocenters. The van der Waals surface area contributed by atoms with Crippen molar-refractivity contribution in [1.29, 1.82) is 0 Å². The Morgan fingerprint density at radius 2 is 1.88 bits per heavy atom. The van der Waals surface area contributed by atoms with E-state index in [0.29, 0.717) is 11.5 Å². The van der Waals surface area contributed by atoms with Gasteiger partial charge in [-0.1, -0.05) is 38.1 Å². The molecule has 0 bridgehead atoms. The number of benzene rings is 1. The smallest absolute Gasteiger partial charge is 0.0360 e. The van der Waals surface area contributed by atoms with Crippen molar-refractivity contribution in [3.8, 4) is 0 Å². The molecule has 0 amide bonds. The molecule has 1 heterocycles. The van der Waals surface area contributed by atoms with Crippen molar-refractivity contribution in [2.45, 2.75) is 31.7 Å². The fraction of sp³-hybridized carbons (Fsp3) is 0.600. The third-order valence-corrected chi connectivity index (χ3v) is 4.34. The Bertz CT molecular complexity index is 405. The van der Waals surface area contributed by atoms with E-state index in [9.17, 15) is 0 Å². The Labute approximate surface area is 104 Å². The van der Waals surface area contributed by atoms with Gasteiger partial charge in [0, 0.05) is 32.2 Å². The lowest BCUT2D eigenvalue weighted by molar-refractivity contribution is 0.161. The lowest BCUT2D eigenvalue weighted by atomic mass is 9.86. The van der Waals surface area contributed by atoms with Crippen LogP contribution in [0.25, 0.3) is 0 Å². The van der Waals surface area contributed by atoms with Crippen molar-refractivity contribution in [1.82, 2.24) is 10.2 Å². The fourth-order valence-electron chi connectivity index (χ4n) is 3.43. The molecule has 3 rings (SSSR count). The molecule has 92 valence electrons.